The Morgan fingerprint density at radius 1 is 1.26 bits per heavy atom. The summed E-state index contributed by atoms with van der Waals surface area (Å²) in [7, 11) is 1.49. The van der Waals surface area contributed by atoms with E-state index in [1.165, 1.54) is 7.11 Å². The van der Waals surface area contributed by atoms with E-state index in [4.69, 9.17) is 14.2 Å². The van der Waals surface area contributed by atoms with Gasteiger partial charge in [0.05, 0.1) is 7.11 Å². The predicted molar refractivity (Wildman–Crippen MR) is 83.5 cm³/mol. The maximum atomic E-state index is 12.1. The monoisotopic (exact) mass is 314 g/mol. The highest BCUT2D eigenvalue weighted by Crippen LogP contribution is 2.29. The molecule has 2 aromatic rings. The van der Waals surface area contributed by atoms with E-state index in [-0.39, 0.29) is 12.7 Å². The van der Waals surface area contributed by atoms with Crippen LogP contribution in [-0.2, 0) is 16.0 Å². The first-order valence-electron chi connectivity index (χ1n) is 7.41. The van der Waals surface area contributed by atoms with Crippen LogP contribution in [0.3, 0.4) is 0 Å². The van der Waals surface area contributed by atoms with Gasteiger partial charge in [-0.2, -0.15) is 0 Å². The first kappa shape index (κ1) is 15.4. The normalized spacial score (nSPS) is 17.0. The molecular weight excluding hydrogens is 296 g/mol. The average Bonchev–Trinajstić information content (AvgIpc) is 3.01. The molecule has 0 radical (unpaired) electrons. The number of carbonyl (C=O) groups is 1. The van der Waals surface area contributed by atoms with Gasteiger partial charge in [-0.05, 0) is 17.7 Å². The molecule has 2 atom stereocenters. The maximum absolute atomic E-state index is 12.1. The number of aliphatic hydroxyl groups is 1. The van der Waals surface area contributed by atoms with Gasteiger partial charge in [0.1, 0.15) is 24.2 Å². The van der Waals surface area contributed by atoms with Crippen molar-refractivity contribution >= 4 is 5.97 Å². The molecule has 120 valence electrons. The molecule has 1 unspecified atom stereocenters. The van der Waals surface area contributed by atoms with Gasteiger partial charge in [-0.3, -0.25) is 0 Å². The van der Waals surface area contributed by atoms with Crippen LogP contribution in [0, 0.1) is 0 Å². The Labute approximate surface area is 134 Å². The number of methoxy groups -OCH3 is 1. The molecule has 0 amide bonds. The van der Waals surface area contributed by atoms with Crippen LogP contribution in [0.15, 0.2) is 48.5 Å². The van der Waals surface area contributed by atoms with Gasteiger partial charge in [0, 0.05) is 12.0 Å². The van der Waals surface area contributed by atoms with Gasteiger partial charge in [-0.15, -0.1) is 0 Å². The van der Waals surface area contributed by atoms with Crippen LogP contribution in [-0.4, -0.2) is 30.9 Å². The Hall–Kier alpha value is -2.53. The highest BCUT2D eigenvalue weighted by molar-refractivity contribution is 5.77. The molecule has 0 aromatic heterocycles. The third-order valence-electron chi connectivity index (χ3n) is 3.78. The molecule has 1 aliphatic rings. The summed E-state index contributed by atoms with van der Waals surface area (Å²) in [4.78, 5) is 12.1. The fourth-order valence-corrected chi connectivity index (χ4v) is 2.62. The SMILES string of the molecule is COc1ccccc1[C@@H](O)C(=O)OCC1Cc2ccccc2O1. The van der Waals surface area contributed by atoms with Crippen LogP contribution < -0.4 is 9.47 Å². The summed E-state index contributed by atoms with van der Waals surface area (Å²) in [6.45, 7) is 0.0969. The Balaban J connectivity index is 1.58. The molecule has 0 spiro atoms. The van der Waals surface area contributed by atoms with Crippen molar-refractivity contribution in [2.45, 2.75) is 18.6 Å². The van der Waals surface area contributed by atoms with Gasteiger partial charge in [-0.1, -0.05) is 36.4 Å². The van der Waals surface area contributed by atoms with Crippen molar-refractivity contribution < 1.29 is 24.1 Å². The second kappa shape index (κ2) is 6.71. The van der Waals surface area contributed by atoms with Gasteiger partial charge < -0.3 is 19.3 Å². The molecule has 0 bridgehead atoms. The van der Waals surface area contributed by atoms with E-state index >= 15 is 0 Å². The fraction of sp³-hybridized carbons (Fsp3) is 0.278. The van der Waals surface area contributed by atoms with Crippen LogP contribution in [0.2, 0.25) is 0 Å². The van der Waals surface area contributed by atoms with Crippen LogP contribution >= 0.6 is 0 Å². The number of rotatable bonds is 5. The standard InChI is InChI=1S/C18H18O5/c1-21-16-9-5-3-7-14(16)17(19)18(20)22-11-13-10-12-6-2-4-8-15(12)23-13/h2-9,13,17,19H,10-11H2,1H3/t13?,17-/m1/s1. The number of hydrogen-bond donors (Lipinski definition) is 1. The summed E-state index contributed by atoms with van der Waals surface area (Å²) in [6, 6.07) is 14.5. The van der Waals surface area contributed by atoms with Crippen molar-refractivity contribution in [3.8, 4) is 11.5 Å². The summed E-state index contributed by atoms with van der Waals surface area (Å²) in [5.74, 6) is 0.550. The van der Waals surface area contributed by atoms with Gasteiger partial charge >= 0.3 is 5.97 Å². The fourth-order valence-electron chi connectivity index (χ4n) is 2.62. The van der Waals surface area contributed by atoms with E-state index in [1.54, 1.807) is 24.3 Å². The number of ether oxygens (including phenoxy) is 3. The number of fused-ring (bicyclic) bond motifs is 1. The molecule has 3 rings (SSSR count). The van der Waals surface area contributed by atoms with Crippen molar-refractivity contribution in [3.63, 3.8) is 0 Å². The minimum absolute atomic E-state index is 0.0969. The number of esters is 1. The molecule has 0 saturated heterocycles. The van der Waals surface area contributed by atoms with Crippen LogP contribution in [0.1, 0.15) is 17.2 Å². The van der Waals surface area contributed by atoms with E-state index in [0.717, 1.165) is 11.3 Å². The molecule has 5 nitrogen and oxygen atoms in total. The lowest BCUT2D eigenvalue weighted by atomic mass is 10.1. The minimum atomic E-state index is -1.38. The number of benzene rings is 2. The van der Waals surface area contributed by atoms with Crippen molar-refractivity contribution in [3.05, 3.63) is 59.7 Å². The van der Waals surface area contributed by atoms with Crippen LogP contribution in [0.4, 0.5) is 0 Å². The average molecular weight is 314 g/mol. The van der Waals surface area contributed by atoms with Crippen molar-refractivity contribution in [1.82, 2.24) is 0 Å². The zero-order chi connectivity index (χ0) is 16.2. The lowest BCUT2D eigenvalue weighted by Crippen LogP contribution is -2.25. The zero-order valence-corrected chi connectivity index (χ0v) is 12.8. The first-order chi connectivity index (χ1) is 11.2. The van der Waals surface area contributed by atoms with Crippen molar-refractivity contribution in [1.29, 1.82) is 0 Å². The molecule has 1 aliphatic heterocycles. The largest absolute Gasteiger partial charge is 0.496 e. The summed E-state index contributed by atoms with van der Waals surface area (Å²) >= 11 is 0. The van der Waals surface area contributed by atoms with E-state index in [1.807, 2.05) is 24.3 Å². The highest BCUT2D eigenvalue weighted by atomic mass is 16.6. The number of carbonyl (C=O) groups excluding carboxylic acids is 1. The smallest absolute Gasteiger partial charge is 0.339 e. The van der Waals surface area contributed by atoms with E-state index in [9.17, 15) is 9.90 Å². The number of aliphatic hydroxyl groups excluding tert-OH is 1. The van der Waals surface area contributed by atoms with Crippen molar-refractivity contribution in [2.75, 3.05) is 13.7 Å². The maximum Gasteiger partial charge on any atom is 0.339 e. The molecule has 5 heteroatoms. The Morgan fingerprint density at radius 3 is 2.78 bits per heavy atom. The van der Waals surface area contributed by atoms with Crippen molar-refractivity contribution in [2.24, 2.45) is 0 Å². The predicted octanol–water partition coefficient (Wildman–Crippen LogP) is 2.28. The molecule has 1 heterocycles. The highest BCUT2D eigenvalue weighted by Gasteiger charge is 2.27. The van der Waals surface area contributed by atoms with E-state index in [0.29, 0.717) is 17.7 Å². The summed E-state index contributed by atoms with van der Waals surface area (Å²) in [6.07, 6.45) is -0.912. The quantitative estimate of drug-likeness (QED) is 0.858. The summed E-state index contributed by atoms with van der Waals surface area (Å²) in [5.41, 5.74) is 1.48. The molecule has 1 N–H and O–H groups in total. The Kier molecular flexibility index (Phi) is 4.48. The summed E-state index contributed by atoms with van der Waals surface area (Å²) < 4.78 is 16.1. The molecule has 0 fully saturated rings. The molecule has 23 heavy (non-hydrogen) atoms. The molecular formula is C18H18O5. The topological polar surface area (TPSA) is 65.0 Å². The van der Waals surface area contributed by atoms with Crippen LogP contribution in [0.25, 0.3) is 0 Å². The number of para-hydroxylation sites is 2. The van der Waals surface area contributed by atoms with E-state index < -0.39 is 12.1 Å². The van der Waals surface area contributed by atoms with Gasteiger partial charge in [0.25, 0.3) is 0 Å². The first-order valence-corrected chi connectivity index (χ1v) is 7.41. The molecule has 0 saturated carbocycles. The zero-order valence-electron chi connectivity index (χ0n) is 12.8. The second-order valence-corrected chi connectivity index (χ2v) is 5.33. The molecule has 2 aromatic carbocycles. The lowest BCUT2D eigenvalue weighted by Gasteiger charge is -2.16. The minimum Gasteiger partial charge on any atom is -0.496 e. The Morgan fingerprint density at radius 2 is 2.00 bits per heavy atom. The van der Waals surface area contributed by atoms with E-state index in [2.05, 4.69) is 0 Å². The van der Waals surface area contributed by atoms with Gasteiger partial charge in [0.2, 0.25) is 0 Å². The number of hydrogen-bond acceptors (Lipinski definition) is 5. The second-order valence-electron chi connectivity index (χ2n) is 5.33. The lowest BCUT2D eigenvalue weighted by molar-refractivity contribution is -0.156. The third kappa shape index (κ3) is 3.29. The van der Waals surface area contributed by atoms with Crippen LogP contribution in [0.5, 0.6) is 11.5 Å². The third-order valence-corrected chi connectivity index (χ3v) is 3.78. The Bertz CT molecular complexity index is 672. The molecule has 0 aliphatic carbocycles. The summed E-state index contributed by atoms with van der Waals surface area (Å²) in [5, 5.41) is 10.2. The van der Waals surface area contributed by atoms with Gasteiger partial charge in [-0.25, -0.2) is 4.79 Å². The van der Waals surface area contributed by atoms with Gasteiger partial charge in [0.15, 0.2) is 6.10 Å².